The third-order valence-electron chi connectivity index (χ3n) is 11.3. The third-order valence-corrected chi connectivity index (χ3v) is 11.3. The Hall–Kier alpha value is -2.89. The summed E-state index contributed by atoms with van der Waals surface area (Å²) in [6.45, 7) is 6.49. The fraction of sp³-hybridized carbons (Fsp3) is 0.768. The average Bonchev–Trinajstić information content (AvgIpc) is 3.27. The van der Waals surface area contributed by atoms with Crippen LogP contribution >= 0.6 is 0 Å². The van der Waals surface area contributed by atoms with Crippen LogP contribution in [0.3, 0.4) is 0 Å². The average molecular weight is 867 g/mol. The standard InChI is InChI=1S/C56H98O6/c1-4-7-10-13-16-19-22-25-27-28-29-30-32-34-37-40-43-46-49-55(58)61-52-53(51-60-54(57)48-45-42-39-36-33-24-21-18-15-12-9-6-3)62-56(59)50-47-44-41-38-35-31-26-23-20-17-14-11-8-5-2/h9,12,18,21-22,25,27-30,53H,4-8,10-11,13-17,19-20,23-24,26,31-52H2,1-3H3/b12-9-,21-18-,25-22-,28-27-,30-29-. The van der Waals surface area contributed by atoms with Crippen molar-refractivity contribution in [2.45, 2.75) is 264 Å². The Morgan fingerprint density at radius 3 is 1.10 bits per heavy atom. The van der Waals surface area contributed by atoms with E-state index in [4.69, 9.17) is 14.2 Å². The summed E-state index contributed by atoms with van der Waals surface area (Å²) in [5.74, 6) is -0.914. The van der Waals surface area contributed by atoms with Crippen molar-refractivity contribution in [3.05, 3.63) is 60.8 Å². The summed E-state index contributed by atoms with van der Waals surface area (Å²) in [4.78, 5) is 38.0. The van der Waals surface area contributed by atoms with E-state index in [0.29, 0.717) is 19.3 Å². The van der Waals surface area contributed by atoms with Gasteiger partial charge in [-0.25, -0.2) is 0 Å². The lowest BCUT2D eigenvalue weighted by Gasteiger charge is -2.18. The SMILES string of the molecule is CC/C=C\C/C=C\CCCCCCCC(=O)OCC(COC(=O)CCCCCCC\C=C/C=C\C=C/CCCCCCC)OC(=O)CCCCCCCCCCCCCCCC. The monoisotopic (exact) mass is 867 g/mol. The van der Waals surface area contributed by atoms with E-state index in [1.54, 1.807) is 0 Å². The van der Waals surface area contributed by atoms with E-state index < -0.39 is 6.10 Å². The van der Waals surface area contributed by atoms with E-state index in [1.165, 1.54) is 109 Å². The number of rotatable bonds is 47. The summed E-state index contributed by atoms with van der Waals surface area (Å²) in [6, 6.07) is 0. The number of unbranched alkanes of at least 4 members (excludes halogenated alkanes) is 28. The van der Waals surface area contributed by atoms with Crippen molar-refractivity contribution in [3.63, 3.8) is 0 Å². The molecule has 0 aliphatic rings. The van der Waals surface area contributed by atoms with Crippen LogP contribution in [0.15, 0.2) is 60.8 Å². The summed E-state index contributed by atoms with van der Waals surface area (Å²) in [5, 5.41) is 0. The minimum atomic E-state index is -0.785. The molecule has 0 saturated carbocycles. The van der Waals surface area contributed by atoms with Gasteiger partial charge in [0.25, 0.3) is 0 Å². The smallest absolute Gasteiger partial charge is 0.306 e. The van der Waals surface area contributed by atoms with Crippen molar-refractivity contribution in [1.29, 1.82) is 0 Å². The van der Waals surface area contributed by atoms with Gasteiger partial charge in [-0.3, -0.25) is 14.4 Å². The van der Waals surface area contributed by atoms with E-state index in [2.05, 4.69) is 81.5 Å². The van der Waals surface area contributed by atoms with Crippen LogP contribution in [0.5, 0.6) is 0 Å². The van der Waals surface area contributed by atoms with E-state index in [-0.39, 0.29) is 31.1 Å². The summed E-state index contributed by atoms with van der Waals surface area (Å²) in [6.07, 6.45) is 62.0. The van der Waals surface area contributed by atoms with Crippen LogP contribution in [0.4, 0.5) is 0 Å². The molecule has 0 aliphatic heterocycles. The molecule has 0 amide bonds. The number of esters is 3. The number of allylic oxidation sites excluding steroid dienone is 10. The molecule has 0 spiro atoms. The van der Waals surface area contributed by atoms with Crippen LogP contribution in [-0.2, 0) is 28.6 Å². The van der Waals surface area contributed by atoms with Crippen molar-refractivity contribution in [2.24, 2.45) is 0 Å². The zero-order valence-corrected chi connectivity index (χ0v) is 40.9. The fourth-order valence-electron chi connectivity index (χ4n) is 7.36. The summed E-state index contributed by atoms with van der Waals surface area (Å²) in [5.41, 5.74) is 0. The van der Waals surface area contributed by atoms with E-state index in [1.807, 2.05) is 0 Å². The van der Waals surface area contributed by atoms with E-state index in [9.17, 15) is 14.4 Å². The highest BCUT2D eigenvalue weighted by Crippen LogP contribution is 2.15. The Labute approximate surface area is 383 Å². The molecule has 0 bridgehead atoms. The maximum absolute atomic E-state index is 12.8. The maximum Gasteiger partial charge on any atom is 0.306 e. The third kappa shape index (κ3) is 48.1. The predicted octanol–water partition coefficient (Wildman–Crippen LogP) is 17.3. The lowest BCUT2D eigenvalue weighted by Crippen LogP contribution is -2.30. The van der Waals surface area contributed by atoms with Crippen molar-refractivity contribution >= 4 is 17.9 Å². The lowest BCUT2D eigenvalue weighted by molar-refractivity contribution is -0.167. The predicted molar refractivity (Wildman–Crippen MR) is 265 cm³/mol. The van der Waals surface area contributed by atoms with Gasteiger partial charge in [0.15, 0.2) is 6.10 Å². The second-order valence-electron chi connectivity index (χ2n) is 17.5. The van der Waals surface area contributed by atoms with Gasteiger partial charge in [0.2, 0.25) is 0 Å². The van der Waals surface area contributed by atoms with E-state index in [0.717, 1.165) is 109 Å². The van der Waals surface area contributed by atoms with Gasteiger partial charge in [-0.15, -0.1) is 0 Å². The molecular weight excluding hydrogens is 769 g/mol. The molecule has 62 heavy (non-hydrogen) atoms. The van der Waals surface area contributed by atoms with Crippen molar-refractivity contribution in [3.8, 4) is 0 Å². The van der Waals surface area contributed by atoms with Gasteiger partial charge in [-0.05, 0) is 70.6 Å². The molecule has 1 unspecified atom stereocenters. The molecule has 0 N–H and O–H groups in total. The number of carbonyl (C=O) groups excluding carboxylic acids is 3. The van der Waals surface area contributed by atoms with Gasteiger partial charge in [-0.1, -0.05) is 229 Å². The number of hydrogen-bond donors (Lipinski definition) is 0. The van der Waals surface area contributed by atoms with Crippen LogP contribution in [0.25, 0.3) is 0 Å². The quantitative estimate of drug-likeness (QED) is 0.0199. The Kier molecular flexibility index (Phi) is 48.4. The minimum absolute atomic E-state index is 0.0868. The van der Waals surface area contributed by atoms with E-state index >= 15 is 0 Å². The molecule has 0 radical (unpaired) electrons. The van der Waals surface area contributed by atoms with Gasteiger partial charge < -0.3 is 14.2 Å². The Morgan fingerprint density at radius 1 is 0.355 bits per heavy atom. The highest BCUT2D eigenvalue weighted by Gasteiger charge is 2.19. The molecule has 0 rings (SSSR count). The normalized spacial score (nSPS) is 12.5. The van der Waals surface area contributed by atoms with Crippen LogP contribution in [0.1, 0.15) is 258 Å². The van der Waals surface area contributed by atoms with Crippen molar-refractivity contribution < 1.29 is 28.6 Å². The number of carbonyl (C=O) groups is 3. The van der Waals surface area contributed by atoms with Crippen molar-refractivity contribution in [1.82, 2.24) is 0 Å². The first-order valence-corrected chi connectivity index (χ1v) is 26.3. The second kappa shape index (κ2) is 50.8. The summed E-state index contributed by atoms with van der Waals surface area (Å²) < 4.78 is 16.8. The molecule has 0 aliphatic carbocycles. The first-order valence-electron chi connectivity index (χ1n) is 26.3. The number of hydrogen-bond acceptors (Lipinski definition) is 6. The Bertz CT molecular complexity index is 1130. The molecule has 0 saturated heterocycles. The molecule has 0 aromatic carbocycles. The minimum Gasteiger partial charge on any atom is -0.462 e. The van der Waals surface area contributed by atoms with Gasteiger partial charge in [0.1, 0.15) is 13.2 Å². The molecule has 0 heterocycles. The molecule has 6 nitrogen and oxygen atoms in total. The molecule has 0 aromatic heterocycles. The zero-order valence-electron chi connectivity index (χ0n) is 40.9. The first-order chi connectivity index (χ1) is 30.5. The Morgan fingerprint density at radius 2 is 0.694 bits per heavy atom. The highest BCUT2D eigenvalue weighted by molar-refractivity contribution is 5.71. The molecular formula is C56H98O6. The zero-order chi connectivity index (χ0) is 45.1. The van der Waals surface area contributed by atoms with Crippen LogP contribution < -0.4 is 0 Å². The van der Waals surface area contributed by atoms with Gasteiger partial charge >= 0.3 is 17.9 Å². The van der Waals surface area contributed by atoms with Gasteiger partial charge in [-0.2, -0.15) is 0 Å². The number of ether oxygens (including phenoxy) is 3. The second-order valence-corrected chi connectivity index (χ2v) is 17.5. The van der Waals surface area contributed by atoms with Crippen LogP contribution in [-0.4, -0.2) is 37.2 Å². The summed E-state index contributed by atoms with van der Waals surface area (Å²) >= 11 is 0. The van der Waals surface area contributed by atoms with Crippen molar-refractivity contribution in [2.75, 3.05) is 13.2 Å². The largest absolute Gasteiger partial charge is 0.462 e. The molecule has 0 aromatic rings. The first kappa shape index (κ1) is 59.1. The highest BCUT2D eigenvalue weighted by atomic mass is 16.6. The fourth-order valence-corrected chi connectivity index (χ4v) is 7.36. The van der Waals surface area contributed by atoms with Gasteiger partial charge in [0, 0.05) is 19.3 Å². The molecule has 6 heteroatoms. The maximum atomic E-state index is 12.8. The molecule has 358 valence electrons. The van der Waals surface area contributed by atoms with Crippen LogP contribution in [0.2, 0.25) is 0 Å². The molecule has 0 fully saturated rings. The lowest BCUT2D eigenvalue weighted by atomic mass is 10.0. The Balaban J connectivity index is 4.40. The van der Waals surface area contributed by atoms with Crippen LogP contribution in [0, 0.1) is 0 Å². The van der Waals surface area contributed by atoms with Gasteiger partial charge in [0.05, 0.1) is 0 Å². The summed E-state index contributed by atoms with van der Waals surface area (Å²) in [7, 11) is 0. The molecule has 1 atom stereocenters. The topological polar surface area (TPSA) is 78.9 Å².